The molecular formula is C11H15N4O2S+. The minimum absolute atomic E-state index is 0.241. The van der Waals surface area contributed by atoms with Gasteiger partial charge in [-0.2, -0.15) is 4.52 Å². The molecule has 0 saturated carbocycles. The normalized spacial score (nSPS) is 11.3. The Morgan fingerprint density at radius 3 is 2.28 bits per heavy atom. The second-order valence-electron chi connectivity index (χ2n) is 4.21. The Hall–Kier alpha value is -1.76. The van der Waals surface area contributed by atoms with Gasteiger partial charge in [-0.25, -0.2) is 0 Å². The maximum absolute atomic E-state index is 12.0. The van der Waals surface area contributed by atoms with Crippen LogP contribution in [0.1, 0.15) is 22.5 Å². The molecule has 0 aromatic carbocycles. The number of aromatic nitrogens is 2. The fraction of sp³-hybridized carbons (Fsp3) is 0.364. The molecule has 18 heavy (non-hydrogen) atoms. The van der Waals surface area contributed by atoms with Crippen LogP contribution in [-0.2, 0) is 5.75 Å². The molecular weight excluding hydrogens is 252 g/mol. The van der Waals surface area contributed by atoms with Crippen LogP contribution in [0.5, 0.6) is 0 Å². The lowest BCUT2D eigenvalue weighted by molar-refractivity contribution is -0.110. The molecule has 0 aliphatic heterocycles. The van der Waals surface area contributed by atoms with Crippen molar-refractivity contribution in [3.63, 3.8) is 0 Å². The van der Waals surface area contributed by atoms with E-state index >= 15 is 0 Å². The van der Waals surface area contributed by atoms with Crippen molar-refractivity contribution in [2.75, 3.05) is 0 Å². The lowest BCUT2D eigenvalue weighted by atomic mass is 10.2. The van der Waals surface area contributed by atoms with E-state index in [1.807, 2.05) is 6.92 Å². The van der Waals surface area contributed by atoms with Crippen molar-refractivity contribution in [3.05, 3.63) is 43.2 Å². The third-order valence-corrected chi connectivity index (χ3v) is 3.90. The van der Waals surface area contributed by atoms with E-state index in [-0.39, 0.29) is 16.3 Å². The standard InChI is InChI=1S/C11H14N4O2S/c1-5-7(3)14-8(4-18-11(12)13)6(2)10(17)15(14)9(5)16/h4H2,1-3H3,(H3,12,13)/p+1. The van der Waals surface area contributed by atoms with Crippen LogP contribution in [0.15, 0.2) is 9.59 Å². The maximum atomic E-state index is 12.0. The highest BCUT2D eigenvalue weighted by Crippen LogP contribution is 2.15. The summed E-state index contributed by atoms with van der Waals surface area (Å²) in [6, 6.07) is 0. The number of nitrogens with zero attached hydrogens (tertiary/aromatic N) is 2. The molecule has 0 unspecified atom stereocenters. The predicted molar refractivity (Wildman–Crippen MR) is 71.2 cm³/mol. The third-order valence-electron chi connectivity index (χ3n) is 3.15. The van der Waals surface area contributed by atoms with Crippen molar-refractivity contribution < 1.29 is 5.41 Å². The summed E-state index contributed by atoms with van der Waals surface area (Å²) in [5, 5.41) is 5.66. The van der Waals surface area contributed by atoms with Gasteiger partial charge < -0.3 is 0 Å². The summed E-state index contributed by atoms with van der Waals surface area (Å²) in [5.41, 5.74) is 7.56. The molecule has 2 heterocycles. The van der Waals surface area contributed by atoms with E-state index in [0.717, 1.165) is 11.4 Å². The van der Waals surface area contributed by atoms with Gasteiger partial charge in [0.05, 0.1) is 5.69 Å². The molecule has 96 valence electrons. The van der Waals surface area contributed by atoms with Gasteiger partial charge in [0, 0.05) is 22.6 Å². The summed E-state index contributed by atoms with van der Waals surface area (Å²) in [6.45, 7) is 5.24. The number of hydrogen-bond donors (Lipinski definition) is 2. The van der Waals surface area contributed by atoms with Gasteiger partial charge >= 0.3 is 0 Å². The van der Waals surface area contributed by atoms with Gasteiger partial charge in [-0.05, 0) is 32.5 Å². The van der Waals surface area contributed by atoms with E-state index in [0.29, 0.717) is 16.9 Å². The van der Waals surface area contributed by atoms with Crippen molar-refractivity contribution in [2.45, 2.75) is 26.5 Å². The van der Waals surface area contributed by atoms with Crippen molar-refractivity contribution in [3.8, 4) is 0 Å². The fourth-order valence-corrected chi connectivity index (χ4v) is 2.62. The Morgan fingerprint density at radius 1 is 1.17 bits per heavy atom. The van der Waals surface area contributed by atoms with Crippen molar-refractivity contribution in [1.29, 1.82) is 0 Å². The zero-order valence-corrected chi connectivity index (χ0v) is 11.3. The van der Waals surface area contributed by atoms with Crippen molar-refractivity contribution in [2.24, 2.45) is 5.73 Å². The van der Waals surface area contributed by atoms with Crippen LogP contribution >= 0.6 is 11.8 Å². The average Bonchev–Trinajstić information content (AvgIpc) is 2.68. The van der Waals surface area contributed by atoms with E-state index < -0.39 is 0 Å². The summed E-state index contributed by atoms with van der Waals surface area (Å²) in [7, 11) is 0. The highest BCUT2D eigenvalue weighted by atomic mass is 32.2. The second-order valence-corrected chi connectivity index (χ2v) is 5.26. The molecule has 2 aromatic heterocycles. The van der Waals surface area contributed by atoms with Crippen LogP contribution in [0.25, 0.3) is 0 Å². The first-order valence-corrected chi connectivity index (χ1v) is 6.41. The molecule has 0 fully saturated rings. The lowest BCUT2D eigenvalue weighted by Crippen LogP contribution is -2.43. The Morgan fingerprint density at radius 2 is 1.72 bits per heavy atom. The topological polar surface area (TPSA) is 94.6 Å². The predicted octanol–water partition coefficient (Wildman–Crippen LogP) is -1.57. The van der Waals surface area contributed by atoms with Crippen molar-refractivity contribution in [1.82, 2.24) is 9.03 Å². The monoisotopic (exact) mass is 267 g/mol. The number of hydrogen-bond acceptors (Lipinski definition) is 3. The molecule has 4 N–H and O–H groups in total. The molecule has 7 heteroatoms. The number of rotatable bonds is 2. The summed E-state index contributed by atoms with van der Waals surface area (Å²) in [4.78, 5) is 24.0. The molecule has 0 atom stereocenters. The number of thioether (sulfide) groups is 1. The summed E-state index contributed by atoms with van der Waals surface area (Å²) in [5.74, 6) is 0.467. The molecule has 2 rings (SSSR count). The zero-order valence-electron chi connectivity index (χ0n) is 10.5. The van der Waals surface area contributed by atoms with Gasteiger partial charge in [-0.15, -0.1) is 0 Å². The van der Waals surface area contributed by atoms with E-state index in [2.05, 4.69) is 0 Å². The summed E-state index contributed by atoms with van der Waals surface area (Å²) < 4.78 is 2.83. The highest BCUT2D eigenvalue weighted by molar-refractivity contribution is 8.12. The van der Waals surface area contributed by atoms with Gasteiger partial charge in [0.2, 0.25) is 0 Å². The Balaban J connectivity index is 2.77. The largest absolute Gasteiger partial charge is 0.300 e. The molecule has 0 aliphatic rings. The first kappa shape index (κ1) is 12.7. The van der Waals surface area contributed by atoms with Gasteiger partial charge in [0.15, 0.2) is 0 Å². The number of amidine groups is 1. The summed E-state index contributed by atoms with van der Waals surface area (Å²) in [6.07, 6.45) is 0. The molecule has 0 amide bonds. The molecule has 0 radical (unpaired) electrons. The fourth-order valence-electron chi connectivity index (χ4n) is 1.98. The number of fused-ring (bicyclic) bond motifs is 1. The Labute approximate surface area is 107 Å². The SMILES string of the molecule is Cc1c(C)n2c(CSC(N)=[NH2+])c(C)c(=O)n2c1=O. The first-order valence-electron chi connectivity index (χ1n) is 5.43. The lowest BCUT2D eigenvalue weighted by Gasteiger charge is -2.00. The molecule has 0 aliphatic carbocycles. The van der Waals surface area contributed by atoms with Gasteiger partial charge in [-0.1, -0.05) is 0 Å². The molecule has 0 bridgehead atoms. The minimum atomic E-state index is -0.276. The summed E-state index contributed by atoms with van der Waals surface area (Å²) >= 11 is 1.25. The average molecular weight is 267 g/mol. The van der Waals surface area contributed by atoms with Crippen LogP contribution in [-0.4, -0.2) is 14.2 Å². The van der Waals surface area contributed by atoms with Crippen LogP contribution in [0.4, 0.5) is 0 Å². The smallest absolute Gasteiger partial charge is 0.282 e. The van der Waals surface area contributed by atoms with Gasteiger partial charge in [0.25, 0.3) is 16.3 Å². The van der Waals surface area contributed by atoms with Gasteiger partial charge in [0.1, 0.15) is 0 Å². The van der Waals surface area contributed by atoms with Crippen molar-refractivity contribution >= 4 is 16.9 Å². The van der Waals surface area contributed by atoms with E-state index in [1.54, 1.807) is 18.4 Å². The Kier molecular flexibility index (Phi) is 2.94. The molecule has 2 aromatic rings. The van der Waals surface area contributed by atoms with E-state index in [9.17, 15) is 9.59 Å². The highest BCUT2D eigenvalue weighted by Gasteiger charge is 2.20. The first-order chi connectivity index (χ1) is 8.36. The molecule has 0 saturated heterocycles. The van der Waals surface area contributed by atoms with Crippen LogP contribution < -0.4 is 22.3 Å². The quantitative estimate of drug-likeness (QED) is 0.507. The Bertz CT molecular complexity index is 744. The van der Waals surface area contributed by atoms with Crippen LogP contribution in [0, 0.1) is 20.8 Å². The maximum Gasteiger partial charge on any atom is 0.300 e. The van der Waals surface area contributed by atoms with E-state index in [4.69, 9.17) is 11.1 Å². The van der Waals surface area contributed by atoms with Crippen LogP contribution in [0.2, 0.25) is 0 Å². The van der Waals surface area contributed by atoms with Gasteiger partial charge in [-0.3, -0.25) is 25.2 Å². The van der Waals surface area contributed by atoms with E-state index in [1.165, 1.54) is 16.3 Å². The number of aryl methyl sites for hydroxylation is 1. The minimum Gasteiger partial charge on any atom is -0.282 e. The molecule has 0 spiro atoms. The molecule has 6 nitrogen and oxygen atoms in total. The van der Waals surface area contributed by atoms with Crippen LogP contribution in [0.3, 0.4) is 0 Å². The third kappa shape index (κ3) is 1.62. The number of nitrogens with two attached hydrogens (primary N) is 2. The second kappa shape index (κ2) is 4.16. The zero-order chi connectivity index (χ0) is 13.6.